The molecule has 0 aromatic carbocycles. The Morgan fingerprint density at radius 2 is 1.18 bits per heavy atom. The van der Waals surface area contributed by atoms with Crippen LogP contribution in [0.5, 0.6) is 0 Å². The van der Waals surface area contributed by atoms with Crippen molar-refractivity contribution >= 4 is 12.2 Å². The Labute approximate surface area is 130 Å². The van der Waals surface area contributed by atoms with Gasteiger partial charge in [0.2, 0.25) is 0 Å². The molecular formula is C12H24N6O4. The van der Waals surface area contributed by atoms with Gasteiger partial charge in [-0.05, 0) is 26.7 Å². The molecular weight excluding hydrogens is 292 g/mol. The molecule has 0 radical (unpaired) electrons. The lowest BCUT2D eigenvalue weighted by atomic mass is 10.3. The summed E-state index contributed by atoms with van der Waals surface area (Å²) in [5.41, 5.74) is 0. The molecule has 22 heavy (non-hydrogen) atoms. The number of amides is 2. The molecule has 2 amide bonds. The van der Waals surface area contributed by atoms with Crippen molar-refractivity contribution in [2.45, 2.75) is 26.7 Å². The van der Waals surface area contributed by atoms with Crippen molar-refractivity contribution in [3.8, 4) is 0 Å². The molecule has 0 N–H and O–H groups in total. The van der Waals surface area contributed by atoms with Crippen LogP contribution in [0.2, 0.25) is 0 Å². The van der Waals surface area contributed by atoms with Gasteiger partial charge in [0.25, 0.3) is 0 Å². The first kappa shape index (κ1) is 19.7. The van der Waals surface area contributed by atoms with Gasteiger partial charge in [-0.2, -0.15) is 20.2 Å². The number of unbranched alkanes of at least 4 members (excludes halogenated alkanes) is 1. The first-order valence-electron chi connectivity index (χ1n) is 7.08. The van der Waals surface area contributed by atoms with Gasteiger partial charge in [-0.1, -0.05) is 10.4 Å². The predicted molar refractivity (Wildman–Crippen MR) is 78.3 cm³/mol. The lowest BCUT2D eigenvalue weighted by Crippen LogP contribution is -2.21. The smallest absolute Gasteiger partial charge is 0.431 e. The fraction of sp³-hybridized carbons (Fsp3) is 0.833. The number of ether oxygens (including phenoxy) is 2. The minimum absolute atomic E-state index is 0.296. The van der Waals surface area contributed by atoms with Crippen LogP contribution in [0.4, 0.5) is 9.59 Å². The highest BCUT2D eigenvalue weighted by Gasteiger charge is 2.07. The van der Waals surface area contributed by atoms with Crippen LogP contribution in [0.15, 0.2) is 20.7 Å². The Balaban J connectivity index is 3.73. The lowest BCUT2D eigenvalue weighted by Gasteiger charge is -2.08. The molecule has 0 spiro atoms. The van der Waals surface area contributed by atoms with Crippen LogP contribution in [-0.2, 0) is 9.47 Å². The number of carbonyl (C=O) groups is 2. The van der Waals surface area contributed by atoms with Crippen molar-refractivity contribution in [3.05, 3.63) is 0 Å². The van der Waals surface area contributed by atoms with Crippen LogP contribution in [-0.4, -0.2) is 62.6 Å². The van der Waals surface area contributed by atoms with E-state index in [0.717, 1.165) is 22.9 Å². The van der Waals surface area contributed by atoms with Crippen molar-refractivity contribution in [1.29, 1.82) is 0 Å². The molecule has 0 aliphatic rings. The number of nitrogens with zero attached hydrogens (tertiary/aromatic N) is 6. The summed E-state index contributed by atoms with van der Waals surface area (Å²) in [6.07, 6.45) is 0.397. The maximum atomic E-state index is 11.2. The fourth-order valence-electron chi connectivity index (χ4n) is 1.15. The van der Waals surface area contributed by atoms with Gasteiger partial charge in [0.05, 0.1) is 26.3 Å². The molecule has 0 saturated carbocycles. The summed E-state index contributed by atoms with van der Waals surface area (Å²) in [5, 5.41) is 17.2. The van der Waals surface area contributed by atoms with Crippen molar-refractivity contribution < 1.29 is 19.1 Å². The van der Waals surface area contributed by atoms with E-state index < -0.39 is 12.2 Å². The zero-order valence-corrected chi connectivity index (χ0v) is 13.6. The van der Waals surface area contributed by atoms with Gasteiger partial charge in [-0.25, -0.2) is 9.59 Å². The molecule has 0 aromatic heterocycles. The Bertz CT molecular complexity index is 352. The van der Waals surface area contributed by atoms with Crippen molar-refractivity contribution in [2.24, 2.45) is 20.7 Å². The van der Waals surface area contributed by atoms with Crippen LogP contribution >= 0.6 is 0 Å². The van der Waals surface area contributed by atoms with E-state index in [1.54, 1.807) is 13.8 Å². The SMILES string of the molecule is CCOC(=O)N(C)N=NCCCCN=NN(C)C(=O)OCC. The van der Waals surface area contributed by atoms with Crippen molar-refractivity contribution in [2.75, 3.05) is 40.4 Å². The second-order valence-electron chi connectivity index (χ2n) is 4.06. The topological polar surface area (TPSA) is 109 Å². The zero-order valence-electron chi connectivity index (χ0n) is 13.6. The normalized spacial score (nSPS) is 10.9. The maximum absolute atomic E-state index is 11.2. The maximum Gasteiger partial charge on any atom is 0.431 e. The van der Waals surface area contributed by atoms with E-state index in [0.29, 0.717) is 26.3 Å². The van der Waals surface area contributed by atoms with E-state index in [1.165, 1.54) is 14.1 Å². The summed E-state index contributed by atoms with van der Waals surface area (Å²) in [6, 6.07) is 0. The predicted octanol–water partition coefficient (Wildman–Crippen LogP) is 2.68. The van der Waals surface area contributed by atoms with Crippen LogP contribution in [0, 0.1) is 0 Å². The van der Waals surface area contributed by atoms with E-state index in [2.05, 4.69) is 20.7 Å². The molecule has 0 aromatic rings. The third kappa shape index (κ3) is 9.61. The third-order valence-corrected chi connectivity index (χ3v) is 2.23. The standard InChI is InChI=1S/C12H24N6O4/c1-5-21-11(19)17(3)15-13-9-7-8-10-14-16-18(4)12(20)22-6-2/h5-10H2,1-4H3. The second kappa shape index (κ2) is 12.5. The molecule has 0 aliphatic carbocycles. The van der Waals surface area contributed by atoms with Gasteiger partial charge in [-0.3, -0.25) is 0 Å². The second-order valence-corrected chi connectivity index (χ2v) is 4.06. The molecule has 0 aliphatic heterocycles. The Kier molecular flexibility index (Phi) is 11.2. The van der Waals surface area contributed by atoms with Crippen LogP contribution in [0.3, 0.4) is 0 Å². The number of hydrogen-bond acceptors (Lipinski definition) is 8. The molecule has 0 atom stereocenters. The largest absolute Gasteiger partial charge is 0.448 e. The molecule has 0 saturated heterocycles. The molecule has 126 valence electrons. The molecule has 0 heterocycles. The summed E-state index contributed by atoms with van der Waals surface area (Å²) in [4.78, 5) is 22.4. The number of rotatable bonds is 9. The van der Waals surface area contributed by atoms with Crippen LogP contribution in [0.25, 0.3) is 0 Å². The number of carbonyl (C=O) groups excluding carboxylic acids is 2. The third-order valence-electron chi connectivity index (χ3n) is 2.23. The van der Waals surface area contributed by atoms with E-state index >= 15 is 0 Å². The summed E-state index contributed by atoms with van der Waals surface area (Å²) >= 11 is 0. The van der Waals surface area contributed by atoms with Crippen molar-refractivity contribution in [3.63, 3.8) is 0 Å². The van der Waals surface area contributed by atoms with Gasteiger partial charge >= 0.3 is 12.2 Å². The summed E-state index contributed by atoms with van der Waals surface area (Å²) < 4.78 is 9.47. The van der Waals surface area contributed by atoms with Crippen LogP contribution in [0.1, 0.15) is 26.7 Å². The quantitative estimate of drug-likeness (QED) is 0.370. The fourth-order valence-corrected chi connectivity index (χ4v) is 1.15. The molecule has 0 fully saturated rings. The molecule has 0 bridgehead atoms. The van der Waals surface area contributed by atoms with E-state index in [9.17, 15) is 9.59 Å². The van der Waals surface area contributed by atoms with E-state index in [4.69, 9.17) is 9.47 Å². The monoisotopic (exact) mass is 316 g/mol. The highest BCUT2D eigenvalue weighted by atomic mass is 16.6. The molecule has 0 unspecified atom stereocenters. The van der Waals surface area contributed by atoms with Gasteiger partial charge in [0, 0.05) is 14.1 Å². The average Bonchev–Trinajstić information content (AvgIpc) is 2.49. The van der Waals surface area contributed by atoms with Gasteiger partial charge in [-0.15, -0.1) is 0 Å². The Hall–Kier alpha value is -2.26. The minimum Gasteiger partial charge on any atom is -0.448 e. The Morgan fingerprint density at radius 3 is 1.50 bits per heavy atom. The zero-order chi connectivity index (χ0) is 16.8. The Morgan fingerprint density at radius 1 is 0.818 bits per heavy atom. The molecule has 10 heteroatoms. The van der Waals surface area contributed by atoms with Gasteiger partial charge in [0.15, 0.2) is 0 Å². The molecule has 0 rings (SSSR count). The van der Waals surface area contributed by atoms with Gasteiger partial charge < -0.3 is 9.47 Å². The number of hydrogen-bond donors (Lipinski definition) is 0. The van der Waals surface area contributed by atoms with Gasteiger partial charge in [0.1, 0.15) is 0 Å². The van der Waals surface area contributed by atoms with Crippen molar-refractivity contribution in [1.82, 2.24) is 10.0 Å². The lowest BCUT2D eigenvalue weighted by molar-refractivity contribution is 0.113. The summed E-state index contributed by atoms with van der Waals surface area (Å²) in [5.74, 6) is 0. The first-order valence-corrected chi connectivity index (χ1v) is 7.08. The average molecular weight is 316 g/mol. The highest BCUT2D eigenvalue weighted by Crippen LogP contribution is 1.97. The minimum atomic E-state index is -0.540. The van der Waals surface area contributed by atoms with Crippen LogP contribution < -0.4 is 0 Å². The first-order chi connectivity index (χ1) is 10.5. The summed E-state index contributed by atoms with van der Waals surface area (Å²) in [7, 11) is 2.95. The molecule has 10 nitrogen and oxygen atoms in total. The summed E-state index contributed by atoms with van der Waals surface area (Å²) in [6.45, 7) is 4.96. The van der Waals surface area contributed by atoms with E-state index in [-0.39, 0.29) is 0 Å². The van der Waals surface area contributed by atoms with E-state index in [1.807, 2.05) is 0 Å². The highest BCUT2D eigenvalue weighted by molar-refractivity contribution is 5.66.